The van der Waals surface area contributed by atoms with Crippen molar-refractivity contribution in [3.05, 3.63) is 73.8 Å². The van der Waals surface area contributed by atoms with E-state index in [2.05, 4.69) is 0 Å². The number of nitro groups is 1. The molecule has 6 heteroatoms. The summed E-state index contributed by atoms with van der Waals surface area (Å²) in [5.41, 5.74) is 0.127. The van der Waals surface area contributed by atoms with Gasteiger partial charge in [0.05, 0.1) is 10.5 Å². The van der Waals surface area contributed by atoms with Crippen LogP contribution in [0.3, 0.4) is 0 Å². The van der Waals surface area contributed by atoms with E-state index in [0.717, 1.165) is 6.07 Å². The lowest BCUT2D eigenvalue weighted by Gasteiger charge is -2.17. The zero-order valence-corrected chi connectivity index (χ0v) is 10.7. The average Bonchev–Trinajstić information content (AvgIpc) is 2.44. The van der Waals surface area contributed by atoms with Crippen LogP contribution in [0.4, 0.5) is 5.69 Å². The zero-order valence-electron chi connectivity index (χ0n) is 9.92. The van der Waals surface area contributed by atoms with E-state index in [1.807, 2.05) is 0 Å². The second kappa shape index (κ2) is 4.25. The number of ketones is 2. The van der Waals surface area contributed by atoms with Gasteiger partial charge in [0.2, 0.25) is 0 Å². The number of hydrogen-bond donors (Lipinski definition) is 0. The van der Waals surface area contributed by atoms with Crippen molar-refractivity contribution in [1.29, 1.82) is 0 Å². The van der Waals surface area contributed by atoms with Crippen molar-refractivity contribution in [2.45, 2.75) is 0 Å². The molecular formula is C14H6ClNO4. The van der Waals surface area contributed by atoms with Crippen molar-refractivity contribution >= 4 is 28.9 Å². The Kier molecular flexibility index (Phi) is 2.65. The molecule has 20 heavy (non-hydrogen) atoms. The van der Waals surface area contributed by atoms with E-state index in [1.165, 1.54) is 12.1 Å². The molecule has 0 unspecified atom stereocenters. The van der Waals surface area contributed by atoms with E-state index < -0.39 is 10.7 Å². The standard InChI is InChI=1S/C14H6ClNO4/c15-12-10(16(19)20)6-5-9-11(12)14(18)8-4-2-1-3-7(8)13(9)17/h1-6H. The van der Waals surface area contributed by atoms with Crippen LogP contribution in [0.5, 0.6) is 0 Å². The predicted molar refractivity (Wildman–Crippen MR) is 71.4 cm³/mol. The van der Waals surface area contributed by atoms with Gasteiger partial charge in [-0.3, -0.25) is 19.7 Å². The van der Waals surface area contributed by atoms with Gasteiger partial charge in [-0.05, 0) is 6.07 Å². The maximum atomic E-state index is 12.4. The quantitative estimate of drug-likeness (QED) is 0.509. The Balaban J connectivity index is 2.34. The smallest absolute Gasteiger partial charge is 0.288 e. The first kappa shape index (κ1) is 12.5. The highest BCUT2D eigenvalue weighted by Crippen LogP contribution is 2.36. The van der Waals surface area contributed by atoms with Crippen molar-refractivity contribution in [2.24, 2.45) is 0 Å². The molecule has 3 rings (SSSR count). The molecule has 0 aromatic heterocycles. The van der Waals surface area contributed by atoms with Crippen molar-refractivity contribution < 1.29 is 14.5 Å². The largest absolute Gasteiger partial charge is 0.289 e. The normalized spacial score (nSPS) is 12.8. The third-order valence-electron chi connectivity index (χ3n) is 3.21. The van der Waals surface area contributed by atoms with Gasteiger partial charge in [-0.2, -0.15) is 0 Å². The summed E-state index contributed by atoms with van der Waals surface area (Å²) < 4.78 is 0. The maximum Gasteiger partial charge on any atom is 0.288 e. The molecule has 1 aliphatic carbocycles. The van der Waals surface area contributed by atoms with Crippen molar-refractivity contribution in [3.63, 3.8) is 0 Å². The lowest BCUT2D eigenvalue weighted by molar-refractivity contribution is -0.384. The zero-order chi connectivity index (χ0) is 14.4. The third kappa shape index (κ3) is 1.57. The Hall–Kier alpha value is -2.53. The van der Waals surface area contributed by atoms with Gasteiger partial charge in [0.1, 0.15) is 5.02 Å². The highest BCUT2D eigenvalue weighted by atomic mass is 35.5. The maximum absolute atomic E-state index is 12.4. The molecule has 0 atom stereocenters. The third-order valence-corrected chi connectivity index (χ3v) is 3.59. The van der Waals surface area contributed by atoms with Gasteiger partial charge >= 0.3 is 0 Å². The predicted octanol–water partition coefficient (Wildman–Crippen LogP) is 3.02. The monoisotopic (exact) mass is 287 g/mol. The van der Waals surface area contributed by atoms with Crippen LogP contribution in [0.2, 0.25) is 5.02 Å². The number of nitrogens with zero attached hydrogens (tertiary/aromatic N) is 1. The number of carbonyl (C=O) groups is 2. The van der Waals surface area contributed by atoms with Crippen molar-refractivity contribution in [3.8, 4) is 0 Å². The van der Waals surface area contributed by atoms with E-state index in [4.69, 9.17) is 11.6 Å². The Morgan fingerprint density at radius 3 is 2.10 bits per heavy atom. The van der Waals surface area contributed by atoms with E-state index >= 15 is 0 Å². The molecule has 0 saturated heterocycles. The van der Waals surface area contributed by atoms with Gasteiger partial charge in [-0.15, -0.1) is 0 Å². The fourth-order valence-corrected chi connectivity index (χ4v) is 2.60. The summed E-state index contributed by atoms with van der Waals surface area (Å²) in [7, 11) is 0. The average molecular weight is 288 g/mol. The summed E-state index contributed by atoms with van der Waals surface area (Å²) in [6.45, 7) is 0. The SMILES string of the molecule is O=C1c2ccccc2C(=O)c2c1ccc([N+](=O)[O-])c2Cl. The molecule has 0 spiro atoms. The first-order valence-electron chi connectivity index (χ1n) is 5.67. The number of nitro benzene ring substituents is 1. The molecule has 0 bridgehead atoms. The van der Waals surface area contributed by atoms with Crippen LogP contribution in [0.1, 0.15) is 31.8 Å². The minimum atomic E-state index is -0.680. The van der Waals surface area contributed by atoms with Crippen LogP contribution in [0.25, 0.3) is 0 Å². The Labute approximate surface area is 117 Å². The van der Waals surface area contributed by atoms with E-state index in [-0.39, 0.29) is 38.7 Å². The first-order valence-corrected chi connectivity index (χ1v) is 6.05. The molecule has 5 nitrogen and oxygen atoms in total. The number of rotatable bonds is 1. The summed E-state index contributed by atoms with van der Waals surface area (Å²) in [5, 5.41) is 10.6. The Morgan fingerprint density at radius 2 is 1.50 bits per heavy atom. The molecule has 0 radical (unpaired) electrons. The summed E-state index contributed by atoms with van der Waals surface area (Å²) >= 11 is 5.93. The van der Waals surface area contributed by atoms with Crippen LogP contribution >= 0.6 is 11.6 Å². The molecule has 2 aromatic rings. The summed E-state index contributed by atoms with van der Waals surface area (Å²) in [4.78, 5) is 34.9. The highest BCUT2D eigenvalue weighted by Gasteiger charge is 2.34. The molecule has 0 heterocycles. The second-order valence-corrected chi connectivity index (χ2v) is 4.66. The molecule has 98 valence electrons. The minimum Gasteiger partial charge on any atom is -0.289 e. The van der Waals surface area contributed by atoms with Gasteiger partial charge < -0.3 is 0 Å². The molecule has 2 aromatic carbocycles. The summed E-state index contributed by atoms with van der Waals surface area (Å²) in [5.74, 6) is -0.823. The van der Waals surface area contributed by atoms with Crippen molar-refractivity contribution in [1.82, 2.24) is 0 Å². The molecule has 0 N–H and O–H groups in total. The number of hydrogen-bond acceptors (Lipinski definition) is 4. The number of benzene rings is 2. The van der Waals surface area contributed by atoms with Gasteiger partial charge in [0.25, 0.3) is 5.69 Å². The van der Waals surface area contributed by atoms with E-state index in [9.17, 15) is 19.7 Å². The molecule has 0 saturated carbocycles. The number of carbonyl (C=O) groups excluding carboxylic acids is 2. The minimum absolute atomic E-state index is 0.0930. The Morgan fingerprint density at radius 1 is 0.900 bits per heavy atom. The second-order valence-electron chi connectivity index (χ2n) is 4.28. The number of halogens is 1. The van der Waals surface area contributed by atoms with Gasteiger partial charge in [0.15, 0.2) is 11.6 Å². The fourth-order valence-electron chi connectivity index (χ4n) is 2.28. The Bertz CT molecular complexity index is 798. The lowest BCUT2D eigenvalue weighted by atomic mass is 9.84. The van der Waals surface area contributed by atoms with E-state index in [0.29, 0.717) is 0 Å². The molecule has 0 aliphatic heterocycles. The van der Waals surface area contributed by atoms with Gasteiger partial charge in [-0.25, -0.2) is 0 Å². The van der Waals surface area contributed by atoms with Crippen molar-refractivity contribution in [2.75, 3.05) is 0 Å². The lowest BCUT2D eigenvalue weighted by Crippen LogP contribution is -2.21. The first-order chi connectivity index (χ1) is 9.52. The summed E-state index contributed by atoms with van der Waals surface area (Å²) in [6.07, 6.45) is 0. The van der Waals surface area contributed by atoms with Crippen LogP contribution in [0.15, 0.2) is 36.4 Å². The van der Waals surface area contributed by atoms with Crippen LogP contribution < -0.4 is 0 Å². The van der Waals surface area contributed by atoms with Gasteiger partial charge in [0, 0.05) is 22.8 Å². The van der Waals surface area contributed by atoms with Crippen LogP contribution in [-0.4, -0.2) is 16.5 Å². The van der Waals surface area contributed by atoms with Gasteiger partial charge in [-0.1, -0.05) is 35.9 Å². The molecule has 1 aliphatic rings. The molecule has 0 amide bonds. The van der Waals surface area contributed by atoms with E-state index in [1.54, 1.807) is 18.2 Å². The topological polar surface area (TPSA) is 77.3 Å². The molecular weight excluding hydrogens is 282 g/mol. The fraction of sp³-hybridized carbons (Fsp3) is 0. The van der Waals surface area contributed by atoms with Crippen LogP contribution in [0, 0.1) is 10.1 Å². The number of fused-ring (bicyclic) bond motifs is 2. The summed E-state index contributed by atoms with van der Waals surface area (Å²) in [6, 6.07) is 8.75. The molecule has 0 fully saturated rings. The van der Waals surface area contributed by atoms with Crippen LogP contribution in [-0.2, 0) is 0 Å². The highest BCUT2D eigenvalue weighted by molar-refractivity contribution is 6.40.